The Morgan fingerprint density at radius 2 is 1.59 bits per heavy atom. The van der Waals surface area contributed by atoms with Crippen molar-refractivity contribution in [3.63, 3.8) is 0 Å². The van der Waals surface area contributed by atoms with E-state index in [-0.39, 0.29) is 30.2 Å². The Kier molecular flexibility index (Phi) is 5.87. The van der Waals surface area contributed by atoms with Crippen LogP contribution < -0.4 is 10.2 Å². The highest BCUT2D eigenvalue weighted by Crippen LogP contribution is 2.36. The summed E-state index contributed by atoms with van der Waals surface area (Å²) in [6.45, 7) is 8.90. The number of hydrogen-bond donors (Lipinski definition) is 0. The first-order valence-electron chi connectivity index (χ1n) is 9.88. The van der Waals surface area contributed by atoms with E-state index in [1.165, 1.54) is 7.11 Å². The molecule has 148 valence electrons. The number of hydrogen-bond acceptors (Lipinski definition) is 5. The van der Waals surface area contributed by atoms with Crippen LogP contribution in [0.25, 0.3) is 0 Å². The molecule has 5 nitrogen and oxygen atoms in total. The average molecular weight is 374 g/mol. The van der Waals surface area contributed by atoms with E-state index in [4.69, 9.17) is 18.8 Å². The monoisotopic (exact) mass is 374 g/mol. The second-order valence-corrected chi connectivity index (χ2v) is 8.71. The van der Waals surface area contributed by atoms with Crippen molar-refractivity contribution in [1.29, 1.82) is 0 Å². The third-order valence-electron chi connectivity index (χ3n) is 6.27. The molecule has 1 aromatic carbocycles. The van der Waals surface area contributed by atoms with Crippen LogP contribution in [0.4, 0.5) is 0 Å². The summed E-state index contributed by atoms with van der Waals surface area (Å²) in [5.41, 5.74) is 0.325. The van der Waals surface area contributed by atoms with Crippen LogP contribution in [0.3, 0.4) is 0 Å². The van der Waals surface area contributed by atoms with Gasteiger partial charge in [0.1, 0.15) is 5.75 Å². The largest absolute Gasteiger partial charge is 0.494 e. The van der Waals surface area contributed by atoms with Crippen molar-refractivity contribution < 1.29 is 23.6 Å². The highest BCUT2D eigenvalue weighted by molar-refractivity contribution is 6.62. The summed E-state index contributed by atoms with van der Waals surface area (Å²) >= 11 is 0. The van der Waals surface area contributed by atoms with E-state index in [0.717, 1.165) is 36.9 Å². The molecule has 0 atom stereocenters. The number of rotatable bonds is 5. The van der Waals surface area contributed by atoms with Crippen molar-refractivity contribution in [2.75, 3.05) is 13.7 Å². The van der Waals surface area contributed by atoms with Gasteiger partial charge in [-0.3, -0.25) is 4.79 Å². The third kappa shape index (κ3) is 4.49. The Morgan fingerprint density at radius 3 is 2.11 bits per heavy atom. The van der Waals surface area contributed by atoms with Crippen molar-refractivity contribution in [2.24, 2.45) is 11.8 Å². The Morgan fingerprint density at radius 1 is 1.04 bits per heavy atom. The Hall–Kier alpha value is -1.53. The molecule has 0 N–H and O–H groups in total. The van der Waals surface area contributed by atoms with Crippen LogP contribution in [-0.2, 0) is 18.8 Å². The van der Waals surface area contributed by atoms with Gasteiger partial charge in [-0.05, 0) is 76.9 Å². The van der Waals surface area contributed by atoms with Gasteiger partial charge < -0.3 is 18.8 Å². The third-order valence-corrected chi connectivity index (χ3v) is 6.27. The van der Waals surface area contributed by atoms with Gasteiger partial charge in [-0.15, -0.1) is 0 Å². The SMILES string of the molecule is COC(=O)C1CCC(COc2ccc(B3OC(C)(C)C(C)(C)O3)cc2)CC1. The van der Waals surface area contributed by atoms with E-state index in [0.29, 0.717) is 12.5 Å². The van der Waals surface area contributed by atoms with Crippen molar-refractivity contribution in [3.05, 3.63) is 24.3 Å². The minimum atomic E-state index is -0.349. The molecule has 0 unspecified atom stereocenters. The zero-order valence-electron chi connectivity index (χ0n) is 17.1. The molecule has 1 heterocycles. The quantitative estimate of drug-likeness (QED) is 0.585. The van der Waals surface area contributed by atoms with Crippen LogP contribution >= 0.6 is 0 Å². The molecule has 0 bridgehead atoms. The van der Waals surface area contributed by atoms with Crippen molar-refractivity contribution >= 4 is 18.6 Å². The van der Waals surface area contributed by atoms with E-state index in [1.54, 1.807) is 0 Å². The summed E-state index contributed by atoms with van der Waals surface area (Å²) in [5, 5.41) is 0. The first-order chi connectivity index (χ1) is 12.7. The van der Waals surface area contributed by atoms with Gasteiger partial charge in [0.25, 0.3) is 0 Å². The molecule has 1 aromatic rings. The fraction of sp³-hybridized carbons (Fsp3) is 0.667. The van der Waals surface area contributed by atoms with Gasteiger partial charge in [-0.2, -0.15) is 0 Å². The van der Waals surface area contributed by atoms with Crippen LogP contribution in [0.2, 0.25) is 0 Å². The summed E-state index contributed by atoms with van der Waals surface area (Å²) in [6.07, 6.45) is 3.79. The lowest BCUT2D eigenvalue weighted by Gasteiger charge is -2.32. The molecule has 6 heteroatoms. The predicted octanol–water partition coefficient (Wildman–Crippen LogP) is 3.34. The van der Waals surface area contributed by atoms with Crippen LogP contribution in [0, 0.1) is 11.8 Å². The predicted molar refractivity (Wildman–Crippen MR) is 105 cm³/mol. The van der Waals surface area contributed by atoms with E-state index in [9.17, 15) is 4.79 Å². The summed E-state index contributed by atoms with van der Waals surface area (Å²) in [4.78, 5) is 11.6. The maximum Gasteiger partial charge on any atom is 0.494 e. The Bertz CT molecular complexity index is 631. The standard InChI is InChI=1S/C21H31BO5/c1-20(2)21(3,4)27-22(26-20)17-10-12-18(13-11-17)25-14-15-6-8-16(9-7-15)19(23)24-5/h10-13,15-16H,6-9,14H2,1-5H3. The lowest BCUT2D eigenvalue weighted by molar-refractivity contribution is -0.146. The van der Waals surface area contributed by atoms with Crippen molar-refractivity contribution in [3.8, 4) is 5.75 Å². The van der Waals surface area contributed by atoms with Gasteiger partial charge in [0.2, 0.25) is 0 Å². The van der Waals surface area contributed by atoms with Gasteiger partial charge >= 0.3 is 13.1 Å². The molecule has 1 aliphatic heterocycles. The van der Waals surface area contributed by atoms with Crippen LogP contribution in [0.5, 0.6) is 5.75 Å². The van der Waals surface area contributed by atoms with Crippen LogP contribution in [-0.4, -0.2) is 38.0 Å². The summed E-state index contributed by atoms with van der Waals surface area (Å²) in [6, 6.07) is 7.96. The maximum absolute atomic E-state index is 11.6. The van der Waals surface area contributed by atoms with E-state index >= 15 is 0 Å². The zero-order valence-corrected chi connectivity index (χ0v) is 17.1. The molecule has 3 rings (SSSR count). The van der Waals surface area contributed by atoms with Gasteiger partial charge in [0, 0.05) is 0 Å². The number of ether oxygens (including phenoxy) is 2. The fourth-order valence-electron chi connectivity index (χ4n) is 3.65. The molecule has 1 saturated carbocycles. The van der Waals surface area contributed by atoms with E-state index < -0.39 is 0 Å². The second kappa shape index (κ2) is 7.84. The highest BCUT2D eigenvalue weighted by Gasteiger charge is 2.51. The molecule has 1 aliphatic carbocycles. The summed E-state index contributed by atoms with van der Waals surface area (Å²) < 4.78 is 23.0. The molecule has 0 spiro atoms. The van der Waals surface area contributed by atoms with Gasteiger partial charge in [-0.1, -0.05) is 12.1 Å². The number of esters is 1. The van der Waals surface area contributed by atoms with E-state index in [2.05, 4.69) is 27.7 Å². The topological polar surface area (TPSA) is 54.0 Å². The minimum Gasteiger partial charge on any atom is -0.493 e. The van der Waals surface area contributed by atoms with Crippen molar-refractivity contribution in [2.45, 2.75) is 64.6 Å². The van der Waals surface area contributed by atoms with Crippen LogP contribution in [0.15, 0.2) is 24.3 Å². The molecule has 0 radical (unpaired) electrons. The van der Waals surface area contributed by atoms with Gasteiger partial charge in [-0.25, -0.2) is 0 Å². The van der Waals surface area contributed by atoms with Gasteiger partial charge in [0.15, 0.2) is 0 Å². The number of benzene rings is 1. The zero-order chi connectivity index (χ0) is 19.7. The molecular formula is C21H31BO5. The molecule has 0 aromatic heterocycles. The van der Waals surface area contributed by atoms with Crippen molar-refractivity contribution in [1.82, 2.24) is 0 Å². The molecular weight excluding hydrogens is 343 g/mol. The van der Waals surface area contributed by atoms with Gasteiger partial charge in [0.05, 0.1) is 30.8 Å². The highest BCUT2D eigenvalue weighted by atomic mass is 16.7. The fourth-order valence-corrected chi connectivity index (χ4v) is 3.65. The Balaban J connectivity index is 1.49. The first-order valence-corrected chi connectivity index (χ1v) is 9.88. The Labute approximate surface area is 162 Å². The summed E-state index contributed by atoms with van der Waals surface area (Å²) in [7, 11) is 1.11. The molecule has 2 aliphatic rings. The lowest BCUT2D eigenvalue weighted by atomic mass is 9.79. The molecule has 27 heavy (non-hydrogen) atoms. The molecule has 2 fully saturated rings. The average Bonchev–Trinajstić information content (AvgIpc) is 2.87. The summed E-state index contributed by atoms with van der Waals surface area (Å²) in [5.74, 6) is 1.33. The normalized spacial score (nSPS) is 26.6. The number of methoxy groups -OCH3 is 1. The molecule has 1 saturated heterocycles. The second-order valence-electron chi connectivity index (χ2n) is 8.71. The maximum atomic E-state index is 11.6. The van der Waals surface area contributed by atoms with Crippen LogP contribution in [0.1, 0.15) is 53.4 Å². The number of carbonyl (C=O) groups excluding carboxylic acids is 1. The molecule has 0 amide bonds. The first kappa shape index (κ1) is 20.2. The lowest BCUT2D eigenvalue weighted by Crippen LogP contribution is -2.41. The smallest absolute Gasteiger partial charge is 0.493 e. The van der Waals surface area contributed by atoms with E-state index in [1.807, 2.05) is 24.3 Å². The number of carbonyl (C=O) groups is 1. The minimum absolute atomic E-state index is 0.0606.